The van der Waals surface area contributed by atoms with Crippen molar-refractivity contribution in [3.8, 4) is 0 Å². The number of rotatable bonds is 6. The van der Waals surface area contributed by atoms with Crippen LogP contribution in [0, 0.1) is 0 Å². The number of nitrogens with two attached hydrogens (primary N) is 1. The van der Waals surface area contributed by atoms with Crippen LogP contribution in [0.15, 0.2) is 15.9 Å². The number of imidazole rings is 1. The van der Waals surface area contributed by atoms with Crippen molar-refractivity contribution >= 4 is 11.2 Å². The van der Waals surface area contributed by atoms with Crippen LogP contribution in [0.4, 0.5) is 0 Å². The Morgan fingerprint density at radius 2 is 2.11 bits per heavy atom. The first-order valence-corrected chi connectivity index (χ1v) is 6.57. The fraction of sp³-hybridized carbons (Fsp3) is 0.583. The third kappa shape index (κ3) is 2.60. The van der Waals surface area contributed by atoms with Gasteiger partial charge in [-0.2, -0.15) is 0 Å². The Hall–Kier alpha value is -1.89. The van der Waals surface area contributed by atoms with Gasteiger partial charge in [0, 0.05) is 13.1 Å². The first kappa shape index (κ1) is 13.5. The van der Waals surface area contributed by atoms with E-state index in [0.29, 0.717) is 30.8 Å². The van der Waals surface area contributed by atoms with Crippen molar-refractivity contribution in [2.45, 2.75) is 39.3 Å². The maximum absolute atomic E-state index is 11.9. The van der Waals surface area contributed by atoms with Crippen LogP contribution in [-0.2, 0) is 13.1 Å². The third-order valence-corrected chi connectivity index (χ3v) is 3.06. The summed E-state index contributed by atoms with van der Waals surface area (Å²) in [5.74, 6) is 0. The van der Waals surface area contributed by atoms with E-state index in [9.17, 15) is 9.59 Å². The van der Waals surface area contributed by atoms with Gasteiger partial charge in [-0.25, -0.2) is 9.78 Å². The van der Waals surface area contributed by atoms with Gasteiger partial charge in [-0.05, 0) is 25.8 Å². The van der Waals surface area contributed by atoms with Crippen LogP contribution in [0.2, 0.25) is 0 Å². The van der Waals surface area contributed by atoms with Crippen LogP contribution in [-0.4, -0.2) is 25.6 Å². The molecule has 0 aliphatic carbocycles. The van der Waals surface area contributed by atoms with Crippen molar-refractivity contribution in [3.05, 3.63) is 27.2 Å². The molecule has 7 heteroatoms. The molecule has 0 saturated heterocycles. The number of H-pyrrole nitrogens is 1. The molecule has 7 nitrogen and oxygen atoms in total. The Morgan fingerprint density at radius 1 is 1.32 bits per heavy atom. The summed E-state index contributed by atoms with van der Waals surface area (Å²) in [6.07, 6.45) is 4.20. The predicted octanol–water partition coefficient (Wildman–Crippen LogP) is 0.0352. The summed E-state index contributed by atoms with van der Waals surface area (Å²) in [6, 6.07) is 0. The SMILES string of the molecule is CCCn1c(=O)[nH]c(=O)c2c1ncn2CCCCN. The second-order valence-electron chi connectivity index (χ2n) is 4.52. The van der Waals surface area contributed by atoms with Crippen molar-refractivity contribution in [3.63, 3.8) is 0 Å². The number of aromatic amines is 1. The van der Waals surface area contributed by atoms with E-state index in [1.807, 2.05) is 6.92 Å². The Kier molecular flexibility index (Phi) is 4.16. The number of hydrogen-bond acceptors (Lipinski definition) is 4. The van der Waals surface area contributed by atoms with Crippen molar-refractivity contribution in [2.75, 3.05) is 6.54 Å². The van der Waals surface area contributed by atoms with Gasteiger partial charge in [-0.1, -0.05) is 6.92 Å². The Balaban J connectivity index is 2.50. The topological polar surface area (TPSA) is 98.7 Å². The smallest absolute Gasteiger partial charge is 0.330 e. The highest BCUT2D eigenvalue weighted by Crippen LogP contribution is 2.07. The molecule has 2 rings (SSSR count). The third-order valence-electron chi connectivity index (χ3n) is 3.06. The van der Waals surface area contributed by atoms with Gasteiger partial charge in [-0.3, -0.25) is 14.3 Å². The van der Waals surface area contributed by atoms with E-state index >= 15 is 0 Å². The predicted molar refractivity (Wildman–Crippen MR) is 73.2 cm³/mol. The van der Waals surface area contributed by atoms with Crippen LogP contribution >= 0.6 is 0 Å². The number of unbranched alkanes of at least 4 members (excludes halogenated alkanes) is 1. The van der Waals surface area contributed by atoms with Gasteiger partial charge in [0.2, 0.25) is 0 Å². The van der Waals surface area contributed by atoms with E-state index in [0.717, 1.165) is 19.3 Å². The zero-order valence-electron chi connectivity index (χ0n) is 11.1. The molecule has 0 radical (unpaired) electrons. The largest absolute Gasteiger partial charge is 0.330 e. The van der Waals surface area contributed by atoms with E-state index in [2.05, 4.69) is 9.97 Å². The van der Waals surface area contributed by atoms with Gasteiger partial charge in [0.1, 0.15) is 0 Å². The standard InChI is InChI=1S/C12H19N5O2/c1-2-6-17-10-9(11(18)15-12(17)19)16(8-14-10)7-4-3-5-13/h8H,2-7,13H2,1H3,(H,15,18,19). The van der Waals surface area contributed by atoms with Gasteiger partial charge >= 0.3 is 5.69 Å². The zero-order valence-corrected chi connectivity index (χ0v) is 11.1. The van der Waals surface area contributed by atoms with Crippen LogP contribution in [0.5, 0.6) is 0 Å². The maximum Gasteiger partial charge on any atom is 0.330 e. The van der Waals surface area contributed by atoms with Crippen molar-refractivity contribution in [2.24, 2.45) is 5.73 Å². The molecule has 0 fully saturated rings. The lowest BCUT2D eigenvalue weighted by atomic mass is 10.3. The van der Waals surface area contributed by atoms with Gasteiger partial charge < -0.3 is 10.3 Å². The molecule has 3 N–H and O–H groups in total. The minimum atomic E-state index is -0.397. The lowest BCUT2D eigenvalue weighted by Crippen LogP contribution is -2.31. The van der Waals surface area contributed by atoms with Crippen LogP contribution in [0.25, 0.3) is 11.2 Å². The molecule has 0 aliphatic heterocycles. The van der Waals surface area contributed by atoms with Crippen LogP contribution < -0.4 is 17.0 Å². The highest BCUT2D eigenvalue weighted by atomic mass is 16.2. The molecule has 0 atom stereocenters. The Morgan fingerprint density at radius 3 is 2.79 bits per heavy atom. The molecule has 0 bridgehead atoms. The number of aryl methyl sites for hydroxylation is 2. The fourth-order valence-electron chi connectivity index (χ4n) is 2.15. The second-order valence-corrected chi connectivity index (χ2v) is 4.52. The zero-order chi connectivity index (χ0) is 13.8. The quantitative estimate of drug-likeness (QED) is 0.720. The molecule has 0 unspecified atom stereocenters. The lowest BCUT2D eigenvalue weighted by Gasteiger charge is -2.05. The molecular weight excluding hydrogens is 246 g/mol. The average molecular weight is 265 g/mol. The molecule has 104 valence electrons. The summed E-state index contributed by atoms with van der Waals surface area (Å²) in [5.41, 5.74) is 5.61. The van der Waals surface area contributed by atoms with Gasteiger partial charge in [0.25, 0.3) is 5.56 Å². The van der Waals surface area contributed by atoms with E-state index in [1.54, 1.807) is 10.9 Å². The molecule has 2 aromatic heterocycles. The molecule has 19 heavy (non-hydrogen) atoms. The first-order chi connectivity index (χ1) is 9.19. The highest BCUT2D eigenvalue weighted by molar-refractivity contribution is 5.69. The first-order valence-electron chi connectivity index (χ1n) is 6.57. The van der Waals surface area contributed by atoms with Crippen LogP contribution in [0.3, 0.4) is 0 Å². The molecule has 2 aromatic rings. The van der Waals surface area contributed by atoms with E-state index in [1.165, 1.54) is 4.57 Å². The van der Waals surface area contributed by atoms with Crippen molar-refractivity contribution in [1.82, 2.24) is 19.1 Å². The van der Waals surface area contributed by atoms with E-state index in [4.69, 9.17) is 5.73 Å². The molecule has 0 aliphatic rings. The molecule has 0 saturated carbocycles. The van der Waals surface area contributed by atoms with Gasteiger partial charge in [0.05, 0.1) is 6.33 Å². The van der Waals surface area contributed by atoms with Gasteiger partial charge in [-0.15, -0.1) is 0 Å². The summed E-state index contributed by atoms with van der Waals surface area (Å²) in [6.45, 7) is 3.83. The fourth-order valence-corrected chi connectivity index (χ4v) is 2.15. The highest BCUT2D eigenvalue weighted by Gasteiger charge is 2.12. The van der Waals surface area contributed by atoms with Crippen molar-refractivity contribution < 1.29 is 0 Å². The van der Waals surface area contributed by atoms with Gasteiger partial charge in [0.15, 0.2) is 11.2 Å². The molecule has 0 spiro atoms. The maximum atomic E-state index is 11.9. The summed E-state index contributed by atoms with van der Waals surface area (Å²) < 4.78 is 3.30. The lowest BCUT2D eigenvalue weighted by molar-refractivity contribution is 0.623. The number of fused-ring (bicyclic) bond motifs is 1. The van der Waals surface area contributed by atoms with E-state index < -0.39 is 5.69 Å². The number of nitrogens with zero attached hydrogens (tertiary/aromatic N) is 3. The molecule has 0 aromatic carbocycles. The minimum absolute atomic E-state index is 0.377. The van der Waals surface area contributed by atoms with Crippen molar-refractivity contribution in [1.29, 1.82) is 0 Å². The monoisotopic (exact) mass is 265 g/mol. The summed E-state index contributed by atoms with van der Waals surface area (Å²) in [4.78, 5) is 30.2. The molecular formula is C12H19N5O2. The number of aromatic nitrogens is 4. The molecule has 2 heterocycles. The Bertz CT molecular complexity index is 667. The van der Waals surface area contributed by atoms with E-state index in [-0.39, 0.29) is 5.56 Å². The summed E-state index contributed by atoms with van der Waals surface area (Å²) >= 11 is 0. The summed E-state index contributed by atoms with van der Waals surface area (Å²) in [7, 11) is 0. The average Bonchev–Trinajstić information content (AvgIpc) is 2.79. The second kappa shape index (κ2) is 5.83. The minimum Gasteiger partial charge on any atom is -0.330 e. The normalized spacial score (nSPS) is 11.3. The number of nitrogens with one attached hydrogen (secondary N) is 1. The number of hydrogen-bond donors (Lipinski definition) is 2. The summed E-state index contributed by atoms with van der Waals surface area (Å²) in [5, 5.41) is 0. The molecule has 0 amide bonds. The van der Waals surface area contributed by atoms with Crippen LogP contribution in [0.1, 0.15) is 26.2 Å². The Labute approximate surface area is 110 Å².